The number of benzene rings is 2. The van der Waals surface area contributed by atoms with Gasteiger partial charge in [-0.15, -0.1) is 0 Å². The van der Waals surface area contributed by atoms with Gasteiger partial charge in [-0.05, 0) is 76.8 Å². The van der Waals surface area contributed by atoms with Crippen molar-refractivity contribution >= 4 is 0 Å². The fourth-order valence-corrected chi connectivity index (χ4v) is 2.93. The number of nitrogens with two attached hydrogens (primary N) is 1. The molecule has 2 aromatic carbocycles. The first-order valence-corrected chi connectivity index (χ1v) is 10.5. The Morgan fingerprint density at radius 1 is 0.900 bits per heavy atom. The largest absolute Gasteiger partial charge is 0.379 e. The predicted molar refractivity (Wildman–Crippen MR) is 125 cm³/mol. The van der Waals surface area contributed by atoms with Gasteiger partial charge in [0.1, 0.15) is 0 Å². The second-order valence-corrected chi connectivity index (χ2v) is 8.13. The highest BCUT2D eigenvalue weighted by molar-refractivity contribution is 5.31. The predicted octanol–water partition coefficient (Wildman–Crippen LogP) is 4.01. The van der Waals surface area contributed by atoms with E-state index in [0.29, 0.717) is 12.6 Å². The van der Waals surface area contributed by atoms with Gasteiger partial charge in [0.15, 0.2) is 0 Å². The smallest absolute Gasteiger partial charge is 0.0991 e. The Hall–Kier alpha value is -2.23. The maximum absolute atomic E-state index is 8.55. The molecule has 0 spiro atoms. The Morgan fingerprint density at radius 3 is 1.67 bits per heavy atom. The van der Waals surface area contributed by atoms with Gasteiger partial charge >= 0.3 is 0 Å². The second kappa shape index (κ2) is 14.7. The summed E-state index contributed by atoms with van der Waals surface area (Å²) in [5.41, 5.74) is 9.97. The fraction of sp³-hybridized carbons (Fsp3) is 0.480. The number of rotatable bonds is 5. The van der Waals surface area contributed by atoms with E-state index < -0.39 is 0 Å². The molecule has 164 valence electrons. The summed E-state index contributed by atoms with van der Waals surface area (Å²) in [6, 6.07) is 18.2. The van der Waals surface area contributed by atoms with Crippen LogP contribution >= 0.6 is 0 Å². The molecule has 3 rings (SSSR count). The van der Waals surface area contributed by atoms with Gasteiger partial charge in [-0.2, -0.15) is 5.26 Å². The minimum absolute atomic E-state index is 0.546. The summed E-state index contributed by atoms with van der Waals surface area (Å²) in [6.45, 7) is 5.65. The van der Waals surface area contributed by atoms with E-state index in [9.17, 15) is 0 Å². The molecule has 1 atom stereocenters. The molecular formula is C25H38N4O. The summed E-state index contributed by atoms with van der Waals surface area (Å²) in [5.74, 6) is 0. The van der Waals surface area contributed by atoms with Crippen molar-refractivity contribution in [2.75, 3.05) is 34.8 Å². The molecule has 30 heavy (non-hydrogen) atoms. The van der Waals surface area contributed by atoms with Gasteiger partial charge in [0, 0.05) is 26.2 Å². The zero-order valence-electron chi connectivity index (χ0n) is 19.3. The molecular weight excluding hydrogens is 372 g/mol. The lowest BCUT2D eigenvalue weighted by molar-refractivity contribution is 0.125. The molecule has 0 aliphatic carbocycles. The molecule has 1 saturated heterocycles. The summed E-state index contributed by atoms with van der Waals surface area (Å²) < 4.78 is 5.15. The summed E-state index contributed by atoms with van der Waals surface area (Å²) >= 11 is 0. The first-order valence-electron chi connectivity index (χ1n) is 10.5. The van der Waals surface area contributed by atoms with Crippen LogP contribution in [0.4, 0.5) is 0 Å². The van der Waals surface area contributed by atoms with Crippen LogP contribution in [0.2, 0.25) is 0 Å². The van der Waals surface area contributed by atoms with Crippen LogP contribution < -0.4 is 5.73 Å². The van der Waals surface area contributed by atoms with Gasteiger partial charge in [-0.1, -0.05) is 36.4 Å². The SMILES string of the molecule is CC1CCCO1.CN(C)Cc1ccc(C#N)cc1.CN(C)Cc1ccc(CN)cc1. The maximum atomic E-state index is 8.55. The molecule has 1 fully saturated rings. The molecule has 0 radical (unpaired) electrons. The highest BCUT2D eigenvalue weighted by atomic mass is 16.5. The van der Waals surface area contributed by atoms with Crippen LogP contribution in [0.15, 0.2) is 48.5 Å². The minimum atomic E-state index is 0.546. The normalized spacial score (nSPS) is 15.1. The molecule has 1 aliphatic heterocycles. The molecule has 0 amide bonds. The number of hydrogen-bond donors (Lipinski definition) is 1. The van der Waals surface area contributed by atoms with Crippen molar-refractivity contribution in [3.63, 3.8) is 0 Å². The third kappa shape index (κ3) is 11.7. The molecule has 5 heteroatoms. The van der Waals surface area contributed by atoms with E-state index >= 15 is 0 Å². The quantitative estimate of drug-likeness (QED) is 0.807. The molecule has 5 nitrogen and oxygen atoms in total. The molecule has 0 saturated carbocycles. The zero-order valence-corrected chi connectivity index (χ0v) is 19.3. The molecule has 1 aliphatic rings. The summed E-state index contributed by atoms with van der Waals surface area (Å²) in [6.07, 6.45) is 3.08. The average Bonchev–Trinajstić information content (AvgIpc) is 3.20. The Kier molecular flexibility index (Phi) is 12.6. The average molecular weight is 411 g/mol. The molecule has 0 bridgehead atoms. The lowest BCUT2D eigenvalue weighted by atomic mass is 10.1. The third-order valence-corrected chi connectivity index (χ3v) is 4.50. The van der Waals surface area contributed by atoms with E-state index in [1.165, 1.54) is 29.5 Å². The molecule has 2 aromatic rings. The standard InChI is InChI=1S/C10H16N2.C10H12N2.C5H10O/c2*1-12(2)8-10-5-3-9(7-11)4-6-10;1-5-3-2-4-6-5/h3-6H,7-8,11H2,1-2H3;3-6H,8H2,1-2H3;5H,2-4H2,1H3. The molecule has 0 aromatic heterocycles. The first-order chi connectivity index (χ1) is 14.3. The Balaban J connectivity index is 0.000000237. The number of hydrogen-bond acceptors (Lipinski definition) is 5. The van der Waals surface area contributed by atoms with E-state index in [0.717, 1.165) is 25.3 Å². The van der Waals surface area contributed by atoms with Gasteiger partial charge in [0.2, 0.25) is 0 Å². The molecule has 1 heterocycles. The van der Waals surface area contributed by atoms with Gasteiger partial charge < -0.3 is 20.3 Å². The number of ether oxygens (including phenoxy) is 1. The highest BCUT2D eigenvalue weighted by Gasteiger charge is 2.07. The Labute approximate surface area is 183 Å². The summed E-state index contributed by atoms with van der Waals surface area (Å²) in [4.78, 5) is 4.25. The Morgan fingerprint density at radius 2 is 1.37 bits per heavy atom. The van der Waals surface area contributed by atoms with E-state index in [2.05, 4.69) is 61.2 Å². The van der Waals surface area contributed by atoms with Crippen LogP contribution in [0.3, 0.4) is 0 Å². The van der Waals surface area contributed by atoms with Gasteiger partial charge in [-0.3, -0.25) is 0 Å². The van der Waals surface area contributed by atoms with E-state index in [-0.39, 0.29) is 0 Å². The van der Waals surface area contributed by atoms with Crippen molar-refractivity contribution < 1.29 is 4.74 Å². The van der Waals surface area contributed by atoms with E-state index in [1.807, 2.05) is 38.4 Å². The van der Waals surface area contributed by atoms with Crippen LogP contribution in [0, 0.1) is 11.3 Å². The van der Waals surface area contributed by atoms with E-state index in [4.69, 9.17) is 15.7 Å². The topological polar surface area (TPSA) is 65.5 Å². The van der Waals surface area contributed by atoms with E-state index in [1.54, 1.807) is 0 Å². The van der Waals surface area contributed by atoms with Crippen molar-refractivity contribution in [3.05, 3.63) is 70.8 Å². The van der Waals surface area contributed by atoms with Crippen molar-refractivity contribution in [3.8, 4) is 6.07 Å². The van der Waals surface area contributed by atoms with Crippen molar-refractivity contribution in [1.82, 2.24) is 9.80 Å². The highest BCUT2D eigenvalue weighted by Crippen LogP contribution is 2.09. The van der Waals surface area contributed by atoms with Gasteiger partial charge in [0.25, 0.3) is 0 Å². The van der Waals surface area contributed by atoms with Gasteiger partial charge in [0.05, 0.1) is 17.7 Å². The van der Waals surface area contributed by atoms with Crippen molar-refractivity contribution in [1.29, 1.82) is 5.26 Å². The maximum Gasteiger partial charge on any atom is 0.0991 e. The summed E-state index contributed by atoms with van der Waals surface area (Å²) in [7, 11) is 8.18. The first kappa shape index (κ1) is 25.8. The van der Waals surface area contributed by atoms with Crippen LogP contribution in [0.1, 0.15) is 42.0 Å². The lowest BCUT2D eigenvalue weighted by Gasteiger charge is -2.09. The van der Waals surface area contributed by atoms with Gasteiger partial charge in [-0.25, -0.2) is 0 Å². The van der Waals surface area contributed by atoms with Crippen molar-refractivity contribution in [2.24, 2.45) is 5.73 Å². The van der Waals surface area contributed by atoms with Crippen molar-refractivity contribution in [2.45, 2.75) is 45.5 Å². The third-order valence-electron chi connectivity index (χ3n) is 4.50. The minimum Gasteiger partial charge on any atom is -0.379 e. The summed E-state index contributed by atoms with van der Waals surface area (Å²) in [5, 5.41) is 8.55. The lowest BCUT2D eigenvalue weighted by Crippen LogP contribution is -2.10. The molecule has 1 unspecified atom stereocenters. The second-order valence-electron chi connectivity index (χ2n) is 8.13. The fourth-order valence-electron chi connectivity index (χ4n) is 2.93. The Bertz CT molecular complexity index is 727. The van der Waals surface area contributed by atoms with Crippen LogP contribution in [-0.2, 0) is 24.4 Å². The van der Waals surface area contributed by atoms with Crippen LogP contribution in [0.25, 0.3) is 0 Å². The van der Waals surface area contributed by atoms with Crippen LogP contribution in [-0.4, -0.2) is 50.7 Å². The molecule has 2 N–H and O–H groups in total. The van der Waals surface area contributed by atoms with Crippen LogP contribution in [0.5, 0.6) is 0 Å². The number of nitriles is 1. The monoisotopic (exact) mass is 410 g/mol. The number of nitrogens with zero attached hydrogens (tertiary/aromatic N) is 3. The zero-order chi connectivity index (χ0) is 22.4.